The average molecular weight is 264 g/mol. The van der Waals surface area contributed by atoms with E-state index in [1.807, 2.05) is 6.08 Å². The third-order valence-electron chi connectivity index (χ3n) is 3.84. The predicted octanol–water partition coefficient (Wildman–Crippen LogP) is 1.77. The number of allylic oxidation sites excluding steroid dienone is 1. The Labute approximate surface area is 112 Å². The van der Waals surface area contributed by atoms with Crippen LogP contribution in [0.25, 0.3) is 0 Å². The third-order valence-corrected chi connectivity index (χ3v) is 3.84. The van der Waals surface area contributed by atoms with Crippen molar-refractivity contribution in [3.63, 3.8) is 0 Å². The summed E-state index contributed by atoms with van der Waals surface area (Å²) in [6.07, 6.45) is 5.80. The van der Waals surface area contributed by atoms with Crippen molar-refractivity contribution in [2.75, 3.05) is 19.7 Å². The first-order valence-electron chi connectivity index (χ1n) is 6.54. The molecule has 0 saturated carbocycles. The fourth-order valence-electron chi connectivity index (χ4n) is 2.72. The second kappa shape index (κ2) is 5.57. The molecule has 1 N–H and O–H groups in total. The number of likely N-dealkylation sites (tertiary alicyclic amines) is 1. The highest BCUT2D eigenvalue weighted by Gasteiger charge is 2.36. The van der Waals surface area contributed by atoms with Gasteiger partial charge in [-0.05, 0) is 26.2 Å². The van der Waals surface area contributed by atoms with Crippen molar-refractivity contribution in [2.45, 2.75) is 26.2 Å². The minimum Gasteiger partial charge on any atom is -0.396 e. The van der Waals surface area contributed by atoms with E-state index in [-0.39, 0.29) is 17.9 Å². The van der Waals surface area contributed by atoms with E-state index in [0.29, 0.717) is 24.4 Å². The normalized spacial score (nSPS) is 23.4. The largest absolute Gasteiger partial charge is 0.396 e. The molecule has 0 bridgehead atoms. The molecule has 0 aliphatic carbocycles. The second-order valence-electron chi connectivity index (χ2n) is 5.28. The van der Waals surface area contributed by atoms with E-state index < -0.39 is 0 Å². The number of rotatable bonds is 4. The molecule has 104 valence electrons. The molecule has 2 heterocycles. The van der Waals surface area contributed by atoms with Crippen molar-refractivity contribution in [3.05, 3.63) is 30.2 Å². The van der Waals surface area contributed by atoms with E-state index in [1.54, 1.807) is 11.8 Å². The minimum atomic E-state index is -0.249. The number of amides is 1. The maximum absolute atomic E-state index is 12.4. The Morgan fingerprint density at radius 2 is 2.53 bits per heavy atom. The summed E-state index contributed by atoms with van der Waals surface area (Å²) in [6.45, 7) is 6.81. The summed E-state index contributed by atoms with van der Waals surface area (Å²) in [5.41, 5.74) is 0.258. The molecule has 1 aliphatic rings. The summed E-state index contributed by atoms with van der Waals surface area (Å²) in [5.74, 6) is 0.467. The Balaban J connectivity index is 2.15. The molecule has 0 radical (unpaired) electrons. The van der Waals surface area contributed by atoms with Crippen LogP contribution in [0.15, 0.2) is 23.4 Å². The van der Waals surface area contributed by atoms with Crippen LogP contribution in [0, 0.1) is 12.3 Å². The Hall–Kier alpha value is -1.62. The SMILES string of the molecule is C=CC[C@@]1(CO)CCCN(C(=O)c2cnoc2C)C1. The van der Waals surface area contributed by atoms with Gasteiger partial charge in [0.25, 0.3) is 5.91 Å². The van der Waals surface area contributed by atoms with Crippen molar-refractivity contribution < 1.29 is 14.4 Å². The lowest BCUT2D eigenvalue weighted by Gasteiger charge is -2.41. The highest BCUT2D eigenvalue weighted by Crippen LogP contribution is 2.34. The van der Waals surface area contributed by atoms with Gasteiger partial charge in [0.1, 0.15) is 11.3 Å². The number of carbonyl (C=O) groups is 1. The molecular weight excluding hydrogens is 244 g/mol. The van der Waals surface area contributed by atoms with Crippen molar-refractivity contribution in [1.82, 2.24) is 10.1 Å². The molecule has 1 aromatic rings. The van der Waals surface area contributed by atoms with Gasteiger partial charge in [-0.1, -0.05) is 11.2 Å². The Morgan fingerprint density at radius 3 is 3.11 bits per heavy atom. The van der Waals surface area contributed by atoms with Crippen LogP contribution in [-0.2, 0) is 0 Å². The van der Waals surface area contributed by atoms with Crippen molar-refractivity contribution in [2.24, 2.45) is 5.41 Å². The van der Waals surface area contributed by atoms with Gasteiger partial charge in [-0.2, -0.15) is 0 Å². The van der Waals surface area contributed by atoms with Crippen LogP contribution in [0.2, 0.25) is 0 Å². The van der Waals surface area contributed by atoms with E-state index >= 15 is 0 Å². The van der Waals surface area contributed by atoms with Crippen molar-refractivity contribution in [3.8, 4) is 0 Å². The number of hydrogen-bond donors (Lipinski definition) is 1. The zero-order chi connectivity index (χ0) is 13.9. The van der Waals surface area contributed by atoms with E-state index in [4.69, 9.17) is 4.52 Å². The van der Waals surface area contributed by atoms with Crippen LogP contribution in [0.3, 0.4) is 0 Å². The van der Waals surface area contributed by atoms with E-state index in [0.717, 1.165) is 19.3 Å². The van der Waals surface area contributed by atoms with Crippen LogP contribution in [0.4, 0.5) is 0 Å². The van der Waals surface area contributed by atoms with Crippen LogP contribution >= 0.6 is 0 Å². The van der Waals surface area contributed by atoms with E-state index in [1.165, 1.54) is 6.20 Å². The van der Waals surface area contributed by atoms with Crippen molar-refractivity contribution >= 4 is 5.91 Å². The molecule has 19 heavy (non-hydrogen) atoms. The average Bonchev–Trinajstić information content (AvgIpc) is 2.85. The lowest BCUT2D eigenvalue weighted by molar-refractivity contribution is 0.0284. The number of piperidine rings is 1. The summed E-state index contributed by atoms with van der Waals surface area (Å²) >= 11 is 0. The van der Waals surface area contributed by atoms with E-state index in [9.17, 15) is 9.90 Å². The first-order valence-corrected chi connectivity index (χ1v) is 6.54. The van der Waals surface area contributed by atoms with Gasteiger partial charge in [-0.3, -0.25) is 4.79 Å². The molecule has 5 heteroatoms. The summed E-state index contributed by atoms with van der Waals surface area (Å²) in [5, 5.41) is 13.3. The van der Waals surface area contributed by atoms with Gasteiger partial charge in [0.05, 0.1) is 12.8 Å². The molecule has 1 saturated heterocycles. The maximum atomic E-state index is 12.4. The zero-order valence-electron chi connectivity index (χ0n) is 11.3. The molecular formula is C14H20N2O3. The predicted molar refractivity (Wildman–Crippen MR) is 70.7 cm³/mol. The molecule has 1 aromatic heterocycles. The molecule has 2 rings (SSSR count). The maximum Gasteiger partial charge on any atom is 0.259 e. The topological polar surface area (TPSA) is 66.6 Å². The Bertz CT molecular complexity index is 469. The first kappa shape index (κ1) is 13.8. The number of aryl methyl sites for hydroxylation is 1. The lowest BCUT2D eigenvalue weighted by Crippen LogP contribution is -2.47. The minimum absolute atomic E-state index is 0.0691. The zero-order valence-corrected chi connectivity index (χ0v) is 11.3. The number of aliphatic hydroxyl groups excluding tert-OH is 1. The van der Waals surface area contributed by atoms with Gasteiger partial charge in [0, 0.05) is 18.5 Å². The van der Waals surface area contributed by atoms with Gasteiger partial charge in [0.15, 0.2) is 0 Å². The molecule has 5 nitrogen and oxygen atoms in total. The van der Waals surface area contributed by atoms with Gasteiger partial charge in [0.2, 0.25) is 0 Å². The van der Waals surface area contributed by atoms with Gasteiger partial charge in [-0.15, -0.1) is 6.58 Å². The summed E-state index contributed by atoms with van der Waals surface area (Å²) < 4.78 is 4.94. The number of aromatic nitrogens is 1. The molecule has 0 unspecified atom stereocenters. The Morgan fingerprint density at radius 1 is 1.74 bits per heavy atom. The monoisotopic (exact) mass is 264 g/mol. The summed E-state index contributed by atoms with van der Waals surface area (Å²) in [6, 6.07) is 0. The number of nitrogens with zero attached hydrogens (tertiary/aromatic N) is 2. The molecule has 1 aliphatic heterocycles. The quantitative estimate of drug-likeness (QED) is 0.842. The Kier molecular flexibility index (Phi) is 4.04. The molecule has 1 fully saturated rings. The highest BCUT2D eigenvalue weighted by atomic mass is 16.5. The van der Waals surface area contributed by atoms with Gasteiger partial charge < -0.3 is 14.5 Å². The molecule has 0 spiro atoms. The molecule has 1 amide bonds. The van der Waals surface area contributed by atoms with Crippen LogP contribution < -0.4 is 0 Å². The first-order chi connectivity index (χ1) is 9.12. The lowest BCUT2D eigenvalue weighted by atomic mass is 9.77. The van der Waals surface area contributed by atoms with Crippen LogP contribution in [0.5, 0.6) is 0 Å². The molecule has 1 atom stereocenters. The van der Waals surface area contributed by atoms with Gasteiger partial charge >= 0.3 is 0 Å². The number of aliphatic hydroxyl groups is 1. The third kappa shape index (κ3) is 2.71. The summed E-state index contributed by atoms with van der Waals surface area (Å²) in [7, 11) is 0. The van der Waals surface area contributed by atoms with Crippen LogP contribution in [0.1, 0.15) is 35.4 Å². The summed E-state index contributed by atoms with van der Waals surface area (Å²) in [4.78, 5) is 14.2. The number of carbonyl (C=O) groups excluding carboxylic acids is 1. The fourth-order valence-corrected chi connectivity index (χ4v) is 2.72. The fraction of sp³-hybridized carbons (Fsp3) is 0.571. The second-order valence-corrected chi connectivity index (χ2v) is 5.28. The smallest absolute Gasteiger partial charge is 0.259 e. The van der Waals surface area contributed by atoms with Crippen LogP contribution in [-0.4, -0.2) is 40.8 Å². The van der Waals surface area contributed by atoms with E-state index in [2.05, 4.69) is 11.7 Å². The van der Waals surface area contributed by atoms with Gasteiger partial charge in [-0.25, -0.2) is 0 Å². The standard InChI is InChI=1S/C14H20N2O3/c1-3-5-14(10-17)6-4-7-16(9-14)13(18)12-8-15-19-11(12)2/h3,8,17H,1,4-7,9-10H2,2H3/t14-/m1/s1. The van der Waals surface area contributed by atoms with Crippen molar-refractivity contribution in [1.29, 1.82) is 0 Å². The highest BCUT2D eigenvalue weighted by molar-refractivity contribution is 5.94. The molecule has 0 aromatic carbocycles. The number of hydrogen-bond acceptors (Lipinski definition) is 4.